The van der Waals surface area contributed by atoms with Crippen LogP contribution in [0.1, 0.15) is 11.1 Å². The van der Waals surface area contributed by atoms with Crippen LogP contribution in [0.2, 0.25) is 0 Å². The number of carbonyl (C=O) groups is 1. The fraction of sp³-hybridized carbons (Fsp3) is 0.235. The highest BCUT2D eigenvalue weighted by molar-refractivity contribution is 5.73. The first-order valence-corrected chi connectivity index (χ1v) is 7.39. The van der Waals surface area contributed by atoms with Crippen molar-refractivity contribution in [1.82, 2.24) is 0 Å². The Balaban J connectivity index is 2.25. The number of nitrogens with two attached hydrogens (primary N) is 1. The van der Waals surface area contributed by atoms with Crippen molar-refractivity contribution in [2.45, 2.75) is 19.0 Å². The molecule has 1 atom stereocenters. The summed E-state index contributed by atoms with van der Waals surface area (Å²) >= 11 is 0. The van der Waals surface area contributed by atoms with E-state index in [0.29, 0.717) is 12.1 Å². The molecule has 2 rings (SSSR count). The third-order valence-corrected chi connectivity index (χ3v) is 3.71. The molecule has 0 radical (unpaired) electrons. The molecule has 3 N–H and O–H groups in total. The fourth-order valence-electron chi connectivity index (χ4n) is 2.45. The van der Waals surface area contributed by atoms with E-state index in [0.717, 1.165) is 11.3 Å². The first kappa shape index (κ1) is 17.4. The van der Waals surface area contributed by atoms with E-state index in [4.69, 9.17) is 10.8 Å². The summed E-state index contributed by atoms with van der Waals surface area (Å²) in [6, 6.07) is 13.3. The van der Waals surface area contributed by atoms with Crippen molar-refractivity contribution in [1.29, 1.82) is 0 Å². The number of benzene rings is 2. The van der Waals surface area contributed by atoms with Crippen LogP contribution in [0.3, 0.4) is 0 Å². The molecule has 0 aliphatic carbocycles. The van der Waals surface area contributed by atoms with Gasteiger partial charge in [-0.2, -0.15) is 0 Å². The number of rotatable bonds is 7. The lowest BCUT2D eigenvalue weighted by molar-refractivity contribution is -0.385. The summed E-state index contributed by atoms with van der Waals surface area (Å²) in [4.78, 5) is 23.5. The van der Waals surface area contributed by atoms with Gasteiger partial charge in [-0.05, 0) is 23.8 Å². The molecule has 7 heteroatoms. The maximum absolute atomic E-state index is 11.1. The molecule has 2 aromatic rings. The molecule has 0 heterocycles. The zero-order chi connectivity index (χ0) is 17.7. The van der Waals surface area contributed by atoms with E-state index in [-0.39, 0.29) is 12.1 Å². The average molecular weight is 329 g/mol. The van der Waals surface area contributed by atoms with Crippen molar-refractivity contribution in [2.24, 2.45) is 5.73 Å². The molecule has 7 nitrogen and oxygen atoms in total. The Morgan fingerprint density at radius 1 is 1.29 bits per heavy atom. The van der Waals surface area contributed by atoms with Crippen LogP contribution in [0, 0.1) is 10.1 Å². The number of nitro benzene ring substituents is 1. The van der Waals surface area contributed by atoms with E-state index in [1.54, 1.807) is 12.1 Å². The van der Waals surface area contributed by atoms with Gasteiger partial charge < -0.3 is 15.7 Å². The summed E-state index contributed by atoms with van der Waals surface area (Å²) in [7, 11) is 1.92. The number of carboxylic acid groups (broad SMARTS) is 1. The molecule has 0 bridgehead atoms. The molecule has 0 unspecified atom stereocenters. The van der Waals surface area contributed by atoms with Crippen molar-refractivity contribution in [2.75, 3.05) is 11.9 Å². The van der Waals surface area contributed by atoms with Gasteiger partial charge in [0.2, 0.25) is 0 Å². The number of nitro groups is 1. The highest BCUT2D eigenvalue weighted by atomic mass is 16.6. The number of aliphatic carboxylic acids is 1. The first-order valence-electron chi connectivity index (χ1n) is 7.39. The quantitative estimate of drug-likeness (QED) is 0.595. The summed E-state index contributed by atoms with van der Waals surface area (Å²) in [6.07, 6.45) is -0.0888. The molecule has 0 spiro atoms. The van der Waals surface area contributed by atoms with Crippen molar-refractivity contribution in [3.8, 4) is 0 Å². The molecular formula is C17H19N3O4. The maximum Gasteiger partial charge on any atom is 0.320 e. The van der Waals surface area contributed by atoms with Crippen molar-refractivity contribution < 1.29 is 14.8 Å². The van der Waals surface area contributed by atoms with Crippen molar-refractivity contribution in [3.05, 3.63) is 69.8 Å². The van der Waals surface area contributed by atoms with Gasteiger partial charge in [0.15, 0.2) is 0 Å². The molecule has 0 aliphatic rings. The second kappa shape index (κ2) is 7.56. The van der Waals surface area contributed by atoms with Gasteiger partial charge in [0, 0.05) is 37.3 Å². The maximum atomic E-state index is 11.1. The fourth-order valence-corrected chi connectivity index (χ4v) is 2.45. The summed E-state index contributed by atoms with van der Waals surface area (Å²) in [5.41, 5.74) is 7.60. The van der Waals surface area contributed by atoms with Gasteiger partial charge in [-0.1, -0.05) is 24.3 Å². The summed E-state index contributed by atoms with van der Waals surface area (Å²) in [5, 5.41) is 20.1. The van der Waals surface area contributed by atoms with Crippen molar-refractivity contribution >= 4 is 17.3 Å². The minimum atomic E-state index is -1.18. The van der Waals surface area contributed by atoms with Gasteiger partial charge >= 0.3 is 5.97 Å². The molecule has 0 aliphatic heterocycles. The lowest BCUT2D eigenvalue weighted by Crippen LogP contribution is -2.32. The molecular weight excluding hydrogens is 310 g/mol. The Bertz CT molecular complexity index is 734. The Kier molecular flexibility index (Phi) is 5.49. The molecule has 24 heavy (non-hydrogen) atoms. The van der Waals surface area contributed by atoms with Crippen LogP contribution in [0.4, 0.5) is 11.4 Å². The number of anilines is 1. The number of para-hydroxylation sites is 1. The predicted molar refractivity (Wildman–Crippen MR) is 91.0 cm³/mol. The van der Waals surface area contributed by atoms with Gasteiger partial charge in [0.1, 0.15) is 6.04 Å². The van der Waals surface area contributed by atoms with Gasteiger partial charge in [0.25, 0.3) is 5.69 Å². The van der Waals surface area contributed by atoms with Crippen LogP contribution in [0.15, 0.2) is 48.5 Å². The lowest BCUT2D eigenvalue weighted by Gasteiger charge is -2.20. The lowest BCUT2D eigenvalue weighted by atomic mass is 10.0. The van der Waals surface area contributed by atoms with E-state index in [2.05, 4.69) is 0 Å². The second-order valence-electron chi connectivity index (χ2n) is 5.56. The van der Waals surface area contributed by atoms with E-state index in [1.165, 1.54) is 6.07 Å². The minimum Gasteiger partial charge on any atom is -0.480 e. The van der Waals surface area contributed by atoms with Gasteiger partial charge in [-0.25, -0.2) is 0 Å². The number of hydrogen-bond donors (Lipinski definition) is 2. The Hall–Kier alpha value is -2.93. The summed E-state index contributed by atoms with van der Waals surface area (Å²) < 4.78 is 0. The smallest absolute Gasteiger partial charge is 0.320 e. The van der Waals surface area contributed by atoms with Crippen LogP contribution in [-0.2, 0) is 17.8 Å². The Morgan fingerprint density at radius 3 is 2.54 bits per heavy atom. The van der Waals surface area contributed by atoms with E-state index >= 15 is 0 Å². The Morgan fingerprint density at radius 2 is 1.96 bits per heavy atom. The number of nitrogens with zero attached hydrogens (tertiary/aromatic N) is 2. The van der Waals surface area contributed by atoms with Crippen LogP contribution in [0.25, 0.3) is 0 Å². The van der Waals surface area contributed by atoms with Gasteiger partial charge in [0.05, 0.1) is 4.92 Å². The molecule has 0 saturated heterocycles. The van der Waals surface area contributed by atoms with Crippen molar-refractivity contribution in [3.63, 3.8) is 0 Å². The van der Waals surface area contributed by atoms with Crippen LogP contribution in [-0.4, -0.2) is 29.1 Å². The third-order valence-electron chi connectivity index (χ3n) is 3.71. The van der Waals surface area contributed by atoms with E-state index in [9.17, 15) is 14.9 Å². The largest absolute Gasteiger partial charge is 0.480 e. The van der Waals surface area contributed by atoms with Gasteiger partial charge in [-0.15, -0.1) is 0 Å². The average Bonchev–Trinajstić information content (AvgIpc) is 2.55. The molecule has 0 amide bonds. The van der Waals surface area contributed by atoms with E-state index < -0.39 is 16.9 Å². The molecule has 0 aromatic heterocycles. The molecule has 0 fully saturated rings. The summed E-state index contributed by atoms with van der Waals surface area (Å²) in [5.74, 6) is -1.18. The SMILES string of the molecule is CN(Cc1ccc([N+](=O)[O-])c(C[C@H](N)C(=O)O)c1)c1ccccc1. The zero-order valence-corrected chi connectivity index (χ0v) is 13.3. The monoisotopic (exact) mass is 329 g/mol. The molecule has 0 saturated carbocycles. The van der Waals surface area contributed by atoms with Crippen LogP contribution >= 0.6 is 0 Å². The minimum absolute atomic E-state index is 0.0888. The Labute approximate surface area is 139 Å². The van der Waals surface area contributed by atoms with Crippen LogP contribution in [0.5, 0.6) is 0 Å². The standard InChI is InChI=1S/C17H19N3O4/c1-19(14-5-3-2-4-6-14)11-12-7-8-16(20(23)24)13(9-12)10-15(18)17(21)22/h2-9,15H,10-11,18H2,1H3,(H,21,22)/t15-/m0/s1. The number of carboxylic acids is 1. The normalized spacial score (nSPS) is 11.8. The predicted octanol–water partition coefficient (Wildman–Crippen LogP) is 2.19. The molecule has 126 valence electrons. The van der Waals surface area contributed by atoms with E-state index in [1.807, 2.05) is 42.3 Å². The zero-order valence-electron chi connectivity index (χ0n) is 13.3. The van der Waals surface area contributed by atoms with Gasteiger partial charge in [-0.3, -0.25) is 14.9 Å². The van der Waals surface area contributed by atoms with Crippen LogP contribution < -0.4 is 10.6 Å². The second-order valence-corrected chi connectivity index (χ2v) is 5.56. The summed E-state index contributed by atoms with van der Waals surface area (Å²) in [6.45, 7) is 0.539. The highest BCUT2D eigenvalue weighted by Crippen LogP contribution is 2.23. The third kappa shape index (κ3) is 4.30. The molecule has 2 aromatic carbocycles. The number of hydrogen-bond acceptors (Lipinski definition) is 5. The topological polar surface area (TPSA) is 110 Å². The first-order chi connectivity index (χ1) is 11.4. The highest BCUT2D eigenvalue weighted by Gasteiger charge is 2.20.